The van der Waals surface area contributed by atoms with E-state index in [0.717, 1.165) is 32.7 Å². The number of nitrogens with zero attached hydrogens (tertiary/aromatic N) is 1. The Kier molecular flexibility index (Phi) is 7.67. The van der Waals surface area contributed by atoms with Crippen LogP contribution in [0.5, 0.6) is 0 Å². The molecule has 0 saturated carbocycles. The normalized spacial score (nSPS) is 26.0. The van der Waals surface area contributed by atoms with Gasteiger partial charge in [-0.3, -0.25) is 4.90 Å². The van der Waals surface area contributed by atoms with Gasteiger partial charge in [-0.2, -0.15) is 13.2 Å². The molecule has 0 amide bonds. The van der Waals surface area contributed by atoms with Crippen molar-refractivity contribution in [1.82, 2.24) is 4.90 Å². The molecule has 1 aromatic heterocycles. The van der Waals surface area contributed by atoms with E-state index in [2.05, 4.69) is 30.2 Å². The fraction of sp³-hybridized carbons (Fsp3) is 0.722. The first kappa shape index (κ1) is 22.1. The number of rotatable bonds is 4. The maximum Gasteiger partial charge on any atom is 0.490 e. The average Bonchev–Trinajstić information content (AvgIpc) is 3.15. The van der Waals surface area contributed by atoms with Crippen LogP contribution < -0.4 is 0 Å². The number of carboxylic acids is 1. The Morgan fingerprint density at radius 3 is 2.78 bits per heavy atom. The largest absolute Gasteiger partial charge is 0.490 e. The van der Waals surface area contributed by atoms with E-state index >= 15 is 0 Å². The minimum absolute atomic E-state index is 0.0588. The molecule has 0 aromatic carbocycles. The van der Waals surface area contributed by atoms with Crippen molar-refractivity contribution in [2.24, 2.45) is 0 Å². The molecule has 3 rings (SSSR count). The van der Waals surface area contributed by atoms with Crippen molar-refractivity contribution < 1.29 is 32.5 Å². The molecule has 0 bridgehead atoms. The summed E-state index contributed by atoms with van der Waals surface area (Å²) in [6.07, 6.45) is -1.27. The van der Waals surface area contributed by atoms with E-state index in [9.17, 15) is 13.2 Å². The van der Waals surface area contributed by atoms with Crippen LogP contribution in [-0.4, -0.2) is 60.2 Å². The van der Waals surface area contributed by atoms with Gasteiger partial charge in [-0.05, 0) is 50.2 Å². The van der Waals surface area contributed by atoms with E-state index < -0.39 is 12.1 Å². The predicted octanol–water partition coefficient (Wildman–Crippen LogP) is 3.85. The van der Waals surface area contributed by atoms with E-state index in [1.54, 1.807) is 0 Å². The molecule has 1 spiro atoms. The zero-order valence-electron chi connectivity index (χ0n) is 15.6. The quantitative estimate of drug-likeness (QED) is 0.819. The molecule has 1 aromatic rings. The Morgan fingerprint density at radius 1 is 1.52 bits per heavy atom. The Morgan fingerprint density at radius 2 is 2.22 bits per heavy atom. The summed E-state index contributed by atoms with van der Waals surface area (Å²) in [5.41, 5.74) is 1.48. The van der Waals surface area contributed by atoms with Gasteiger partial charge < -0.3 is 14.6 Å². The van der Waals surface area contributed by atoms with Gasteiger partial charge >= 0.3 is 12.1 Å². The standard InChI is InChI=1S/C16H25NO2S.C2HF3O2/c1-3-18-14-9-16(19-11-14)6-4-7-17(12-16)10-15-13(2)5-8-20-15;3-2(4,5)1(6)7/h5,8,14H,3-4,6-7,9-12H2,1-2H3;(H,6,7)/t14-,16+;/m1./s1. The summed E-state index contributed by atoms with van der Waals surface area (Å²) in [7, 11) is 0. The third-order valence-corrected chi connectivity index (χ3v) is 5.78. The Labute approximate surface area is 161 Å². The van der Waals surface area contributed by atoms with E-state index in [1.807, 2.05) is 11.3 Å². The molecule has 0 aliphatic carbocycles. The highest BCUT2D eigenvalue weighted by Crippen LogP contribution is 2.36. The SMILES string of the molecule is CCO[C@H]1CO[C@@]2(CCCN(Cc3sccc3C)C2)C1.O=C(O)C(F)(F)F. The van der Waals surface area contributed by atoms with Gasteiger partial charge in [-0.1, -0.05) is 0 Å². The molecule has 2 fully saturated rings. The number of halogens is 3. The first-order chi connectivity index (χ1) is 12.6. The van der Waals surface area contributed by atoms with Gasteiger partial charge in [-0.25, -0.2) is 4.79 Å². The van der Waals surface area contributed by atoms with Gasteiger partial charge in [0, 0.05) is 31.0 Å². The van der Waals surface area contributed by atoms with Crippen LogP contribution in [0.4, 0.5) is 13.2 Å². The second-order valence-corrected chi connectivity index (χ2v) is 7.92. The lowest BCUT2D eigenvalue weighted by Crippen LogP contribution is -2.47. The molecule has 3 heterocycles. The van der Waals surface area contributed by atoms with E-state index in [1.165, 1.54) is 29.8 Å². The number of hydrogen-bond donors (Lipinski definition) is 1. The summed E-state index contributed by atoms with van der Waals surface area (Å²) in [5.74, 6) is -2.76. The molecule has 2 aliphatic rings. The van der Waals surface area contributed by atoms with Gasteiger partial charge in [0.25, 0.3) is 0 Å². The van der Waals surface area contributed by atoms with Crippen molar-refractivity contribution in [2.75, 3.05) is 26.3 Å². The maximum absolute atomic E-state index is 10.6. The lowest BCUT2D eigenvalue weighted by Gasteiger charge is -2.39. The van der Waals surface area contributed by atoms with Crippen LogP contribution in [0, 0.1) is 6.92 Å². The molecule has 5 nitrogen and oxygen atoms in total. The molecule has 9 heteroatoms. The van der Waals surface area contributed by atoms with Crippen molar-refractivity contribution in [1.29, 1.82) is 0 Å². The molecule has 1 N–H and O–H groups in total. The van der Waals surface area contributed by atoms with Crippen molar-refractivity contribution in [3.05, 3.63) is 21.9 Å². The number of aryl methyl sites for hydroxylation is 1. The molecular formula is C18H26F3NO4S. The van der Waals surface area contributed by atoms with Crippen LogP contribution in [0.2, 0.25) is 0 Å². The van der Waals surface area contributed by atoms with Crippen LogP contribution >= 0.6 is 11.3 Å². The van der Waals surface area contributed by atoms with Gasteiger partial charge in [0.1, 0.15) is 0 Å². The summed E-state index contributed by atoms with van der Waals surface area (Å²) in [6, 6.07) is 2.22. The van der Waals surface area contributed by atoms with Gasteiger partial charge in [0.15, 0.2) is 0 Å². The molecule has 27 heavy (non-hydrogen) atoms. The number of piperidine rings is 1. The summed E-state index contributed by atoms with van der Waals surface area (Å²) in [5, 5.41) is 9.32. The van der Waals surface area contributed by atoms with Gasteiger partial charge in [0.2, 0.25) is 0 Å². The summed E-state index contributed by atoms with van der Waals surface area (Å²) < 4.78 is 43.6. The fourth-order valence-electron chi connectivity index (χ4n) is 3.52. The van der Waals surface area contributed by atoms with Crippen LogP contribution in [0.1, 0.15) is 36.6 Å². The Balaban J connectivity index is 0.000000321. The third kappa shape index (κ3) is 6.44. The van der Waals surface area contributed by atoms with Crippen molar-refractivity contribution in [3.63, 3.8) is 0 Å². The third-order valence-electron chi connectivity index (χ3n) is 4.77. The van der Waals surface area contributed by atoms with Crippen LogP contribution in [-0.2, 0) is 20.8 Å². The second-order valence-electron chi connectivity index (χ2n) is 6.92. The predicted molar refractivity (Wildman–Crippen MR) is 96.0 cm³/mol. The monoisotopic (exact) mass is 409 g/mol. The molecule has 154 valence electrons. The van der Waals surface area contributed by atoms with Crippen LogP contribution in [0.25, 0.3) is 0 Å². The molecule has 2 atom stereocenters. The van der Waals surface area contributed by atoms with Crippen molar-refractivity contribution in [3.8, 4) is 0 Å². The molecule has 2 aliphatic heterocycles. The smallest absolute Gasteiger partial charge is 0.475 e. The summed E-state index contributed by atoms with van der Waals surface area (Å²) >= 11 is 1.88. The fourth-order valence-corrected chi connectivity index (χ4v) is 4.47. The maximum atomic E-state index is 10.6. The number of alkyl halides is 3. The zero-order chi connectivity index (χ0) is 20.1. The average molecular weight is 409 g/mol. The number of carbonyl (C=O) groups is 1. The zero-order valence-corrected chi connectivity index (χ0v) is 16.4. The molecule has 0 unspecified atom stereocenters. The number of thiophene rings is 1. The highest BCUT2D eigenvalue weighted by Gasteiger charge is 2.43. The van der Waals surface area contributed by atoms with Crippen LogP contribution in [0.3, 0.4) is 0 Å². The van der Waals surface area contributed by atoms with Crippen molar-refractivity contribution >= 4 is 17.3 Å². The number of carboxylic acid groups (broad SMARTS) is 1. The first-order valence-corrected chi connectivity index (χ1v) is 9.84. The lowest BCUT2D eigenvalue weighted by atomic mass is 9.89. The first-order valence-electron chi connectivity index (χ1n) is 8.96. The van der Waals surface area contributed by atoms with Crippen molar-refractivity contribution in [2.45, 2.75) is 57.5 Å². The molecule has 0 radical (unpaired) electrons. The summed E-state index contributed by atoms with van der Waals surface area (Å²) in [6.45, 7) is 9.19. The minimum Gasteiger partial charge on any atom is -0.475 e. The van der Waals surface area contributed by atoms with E-state index in [-0.39, 0.29) is 5.60 Å². The Bertz CT molecular complexity index is 622. The summed E-state index contributed by atoms with van der Waals surface area (Å²) in [4.78, 5) is 13.0. The number of aliphatic carboxylic acids is 1. The highest BCUT2D eigenvalue weighted by molar-refractivity contribution is 7.10. The van der Waals surface area contributed by atoms with Crippen LogP contribution in [0.15, 0.2) is 11.4 Å². The lowest BCUT2D eigenvalue weighted by molar-refractivity contribution is -0.192. The Hall–Kier alpha value is -1.16. The number of ether oxygens (including phenoxy) is 2. The van der Waals surface area contributed by atoms with Gasteiger partial charge in [-0.15, -0.1) is 11.3 Å². The number of hydrogen-bond acceptors (Lipinski definition) is 5. The molecule has 2 saturated heterocycles. The van der Waals surface area contributed by atoms with Gasteiger partial charge in [0.05, 0.1) is 18.3 Å². The minimum atomic E-state index is -5.08. The highest BCUT2D eigenvalue weighted by atomic mass is 32.1. The molecular weight excluding hydrogens is 383 g/mol. The van der Waals surface area contributed by atoms with E-state index in [4.69, 9.17) is 19.4 Å². The van der Waals surface area contributed by atoms with E-state index in [0.29, 0.717) is 6.10 Å². The number of likely N-dealkylation sites (tertiary alicyclic amines) is 1. The topological polar surface area (TPSA) is 59.0 Å². The second kappa shape index (κ2) is 9.36.